The van der Waals surface area contributed by atoms with Gasteiger partial charge in [-0.3, -0.25) is 4.79 Å². The number of carbonyl (C=O) groups excluding carboxylic acids is 2. The van der Waals surface area contributed by atoms with Crippen molar-refractivity contribution in [1.82, 2.24) is 15.5 Å². The van der Waals surface area contributed by atoms with E-state index in [0.717, 1.165) is 25.7 Å². The van der Waals surface area contributed by atoms with Gasteiger partial charge in [0.2, 0.25) is 5.91 Å². The van der Waals surface area contributed by atoms with Crippen LogP contribution >= 0.6 is 0 Å². The molecule has 2 heterocycles. The predicted molar refractivity (Wildman–Crippen MR) is 71.8 cm³/mol. The van der Waals surface area contributed by atoms with Crippen LogP contribution in [0.3, 0.4) is 0 Å². The Morgan fingerprint density at radius 1 is 1.45 bits per heavy atom. The number of nitrogens with zero attached hydrogens (tertiary/aromatic N) is 1. The zero-order chi connectivity index (χ0) is 13.9. The number of nitrogens with one attached hydrogen (secondary N) is 2. The van der Waals surface area contributed by atoms with Crippen LogP contribution < -0.4 is 10.6 Å². The summed E-state index contributed by atoms with van der Waals surface area (Å²) < 4.78 is 5.19. The Morgan fingerprint density at radius 3 is 3.10 bits per heavy atom. The molecule has 2 fully saturated rings. The molecule has 0 aromatic carbocycles. The predicted octanol–water partition coefficient (Wildman–Crippen LogP) is 1.23. The number of hydrogen-bond acceptors (Lipinski definition) is 3. The lowest BCUT2D eigenvalue weighted by Crippen LogP contribution is -2.64. The fourth-order valence-corrected chi connectivity index (χ4v) is 3.08. The first kappa shape index (κ1) is 13.0. The van der Waals surface area contributed by atoms with E-state index in [4.69, 9.17) is 4.42 Å². The topological polar surface area (TPSA) is 74.6 Å². The van der Waals surface area contributed by atoms with E-state index in [1.54, 1.807) is 17.2 Å². The molecule has 20 heavy (non-hydrogen) atoms. The number of amides is 3. The Balaban J connectivity index is 1.63. The smallest absolute Gasteiger partial charge is 0.318 e. The minimum absolute atomic E-state index is 0.0682. The van der Waals surface area contributed by atoms with Gasteiger partial charge in [-0.15, -0.1) is 0 Å². The lowest BCUT2D eigenvalue weighted by Gasteiger charge is -2.43. The van der Waals surface area contributed by atoms with Gasteiger partial charge >= 0.3 is 6.03 Å². The highest BCUT2D eigenvalue weighted by molar-refractivity contribution is 5.86. The minimum atomic E-state index is -0.187. The minimum Gasteiger partial charge on any atom is -0.467 e. The second-order valence-electron chi connectivity index (χ2n) is 5.39. The second kappa shape index (κ2) is 5.56. The Kier molecular flexibility index (Phi) is 3.62. The third kappa shape index (κ3) is 2.64. The standard InChI is InChI=1S/C14H19N3O3/c18-13-9-17(12-6-2-1-5-11(12)16-13)14(19)15-8-10-4-3-7-20-10/h3-4,7,11-12H,1-2,5-6,8-9H2,(H,15,19)(H,16,18). The summed E-state index contributed by atoms with van der Waals surface area (Å²) in [6, 6.07) is 3.64. The Hall–Kier alpha value is -1.98. The first-order valence-corrected chi connectivity index (χ1v) is 7.10. The van der Waals surface area contributed by atoms with Crippen LogP contribution in [-0.2, 0) is 11.3 Å². The molecule has 1 aromatic rings. The van der Waals surface area contributed by atoms with Gasteiger partial charge in [-0.2, -0.15) is 0 Å². The summed E-state index contributed by atoms with van der Waals surface area (Å²) in [5, 5.41) is 5.82. The number of hydrogen-bond donors (Lipinski definition) is 2. The number of carbonyl (C=O) groups is 2. The molecule has 0 bridgehead atoms. The zero-order valence-corrected chi connectivity index (χ0v) is 11.3. The van der Waals surface area contributed by atoms with E-state index < -0.39 is 0 Å². The first-order chi connectivity index (χ1) is 9.74. The van der Waals surface area contributed by atoms with Crippen LogP contribution in [0.5, 0.6) is 0 Å². The lowest BCUT2D eigenvalue weighted by atomic mass is 9.87. The first-order valence-electron chi connectivity index (χ1n) is 7.10. The summed E-state index contributed by atoms with van der Waals surface area (Å²) >= 11 is 0. The normalized spacial score (nSPS) is 25.8. The fraction of sp³-hybridized carbons (Fsp3) is 0.571. The van der Waals surface area contributed by atoms with E-state index in [2.05, 4.69) is 10.6 Å². The van der Waals surface area contributed by atoms with Crippen molar-refractivity contribution in [3.63, 3.8) is 0 Å². The number of fused-ring (bicyclic) bond motifs is 1. The molecule has 2 unspecified atom stereocenters. The molecule has 1 aliphatic carbocycles. The van der Waals surface area contributed by atoms with Crippen molar-refractivity contribution < 1.29 is 14.0 Å². The van der Waals surface area contributed by atoms with Gasteiger partial charge in [-0.25, -0.2) is 4.79 Å². The SMILES string of the molecule is O=C1CN(C(=O)NCc2ccco2)C2CCCCC2N1. The molecule has 0 spiro atoms. The molecule has 6 nitrogen and oxygen atoms in total. The van der Waals surface area contributed by atoms with E-state index >= 15 is 0 Å². The largest absolute Gasteiger partial charge is 0.467 e. The Labute approximate surface area is 117 Å². The average Bonchev–Trinajstić information content (AvgIpc) is 2.97. The van der Waals surface area contributed by atoms with E-state index in [1.165, 1.54) is 0 Å². The summed E-state index contributed by atoms with van der Waals surface area (Å²) in [5.41, 5.74) is 0. The zero-order valence-electron chi connectivity index (χ0n) is 11.3. The van der Waals surface area contributed by atoms with E-state index in [9.17, 15) is 9.59 Å². The van der Waals surface area contributed by atoms with Gasteiger partial charge in [0.1, 0.15) is 12.3 Å². The van der Waals surface area contributed by atoms with Crippen LogP contribution in [0, 0.1) is 0 Å². The van der Waals surface area contributed by atoms with Crippen molar-refractivity contribution in [2.45, 2.75) is 44.3 Å². The average molecular weight is 277 g/mol. The summed E-state index contributed by atoms with van der Waals surface area (Å²) in [4.78, 5) is 25.7. The highest BCUT2D eigenvalue weighted by Gasteiger charge is 2.38. The lowest BCUT2D eigenvalue weighted by molar-refractivity contribution is -0.126. The number of furan rings is 1. The third-order valence-corrected chi connectivity index (χ3v) is 4.04. The van der Waals surface area contributed by atoms with Crippen LogP contribution in [0.4, 0.5) is 4.79 Å². The van der Waals surface area contributed by atoms with Gasteiger partial charge in [-0.05, 0) is 25.0 Å². The Bertz CT molecular complexity index is 486. The van der Waals surface area contributed by atoms with Crippen molar-refractivity contribution in [2.24, 2.45) is 0 Å². The molecule has 1 saturated heterocycles. The molecule has 2 aliphatic rings. The van der Waals surface area contributed by atoms with Gasteiger partial charge in [-0.1, -0.05) is 12.8 Å². The Morgan fingerprint density at radius 2 is 2.30 bits per heavy atom. The van der Waals surface area contributed by atoms with Gasteiger partial charge in [0.15, 0.2) is 0 Å². The summed E-state index contributed by atoms with van der Waals surface area (Å²) in [7, 11) is 0. The molecule has 1 aliphatic heterocycles. The molecule has 2 atom stereocenters. The molecule has 1 saturated carbocycles. The van der Waals surface area contributed by atoms with Crippen LogP contribution in [0.15, 0.2) is 22.8 Å². The maximum absolute atomic E-state index is 12.3. The van der Waals surface area contributed by atoms with E-state index in [0.29, 0.717) is 12.3 Å². The molecule has 2 N–H and O–H groups in total. The van der Waals surface area contributed by atoms with Crippen molar-refractivity contribution in [1.29, 1.82) is 0 Å². The van der Waals surface area contributed by atoms with E-state index in [-0.39, 0.29) is 30.6 Å². The van der Waals surface area contributed by atoms with Crippen LogP contribution in [0.1, 0.15) is 31.4 Å². The van der Waals surface area contributed by atoms with Gasteiger partial charge in [0, 0.05) is 6.04 Å². The molecule has 3 rings (SSSR count). The van der Waals surface area contributed by atoms with Crippen LogP contribution in [0.2, 0.25) is 0 Å². The van der Waals surface area contributed by atoms with Gasteiger partial charge in [0.25, 0.3) is 0 Å². The van der Waals surface area contributed by atoms with Crippen molar-refractivity contribution in [2.75, 3.05) is 6.54 Å². The molecule has 6 heteroatoms. The maximum atomic E-state index is 12.3. The summed E-state index contributed by atoms with van der Waals surface area (Å²) in [6.07, 6.45) is 5.72. The van der Waals surface area contributed by atoms with Gasteiger partial charge in [0.05, 0.1) is 18.8 Å². The van der Waals surface area contributed by atoms with Crippen molar-refractivity contribution >= 4 is 11.9 Å². The molecular formula is C14H19N3O3. The number of piperazine rings is 1. The summed E-state index contributed by atoms with van der Waals surface area (Å²) in [5.74, 6) is 0.640. The highest BCUT2D eigenvalue weighted by atomic mass is 16.3. The van der Waals surface area contributed by atoms with Gasteiger partial charge < -0.3 is 20.0 Å². The van der Waals surface area contributed by atoms with Crippen LogP contribution in [-0.4, -0.2) is 35.5 Å². The second-order valence-corrected chi connectivity index (χ2v) is 5.39. The summed E-state index contributed by atoms with van der Waals surface area (Å²) in [6.45, 7) is 0.493. The van der Waals surface area contributed by atoms with Crippen LogP contribution in [0.25, 0.3) is 0 Å². The molecule has 0 radical (unpaired) electrons. The molecule has 3 amide bonds. The molecule has 108 valence electrons. The quantitative estimate of drug-likeness (QED) is 0.854. The number of urea groups is 1. The highest BCUT2D eigenvalue weighted by Crippen LogP contribution is 2.25. The van der Waals surface area contributed by atoms with Crippen molar-refractivity contribution in [3.05, 3.63) is 24.2 Å². The molecular weight excluding hydrogens is 258 g/mol. The van der Waals surface area contributed by atoms with E-state index in [1.807, 2.05) is 6.07 Å². The maximum Gasteiger partial charge on any atom is 0.318 e. The monoisotopic (exact) mass is 277 g/mol. The van der Waals surface area contributed by atoms with Crippen molar-refractivity contribution in [3.8, 4) is 0 Å². The fourth-order valence-electron chi connectivity index (χ4n) is 3.08. The number of rotatable bonds is 2. The molecule has 1 aromatic heterocycles. The third-order valence-electron chi connectivity index (χ3n) is 4.04.